The van der Waals surface area contributed by atoms with Crippen molar-refractivity contribution in [2.45, 2.75) is 13.8 Å². The summed E-state index contributed by atoms with van der Waals surface area (Å²) in [5, 5.41) is 0. The molecule has 0 saturated heterocycles. The SMILES string of the molecule is C#Cc1ccc(C#Cc2cc(F)c(C)c(F)c2)c(C)c1. The van der Waals surface area contributed by atoms with Gasteiger partial charge in [0, 0.05) is 22.3 Å². The van der Waals surface area contributed by atoms with Gasteiger partial charge < -0.3 is 0 Å². The maximum Gasteiger partial charge on any atom is 0.130 e. The first-order valence-corrected chi connectivity index (χ1v) is 6.06. The Labute approximate surface area is 117 Å². The Morgan fingerprint density at radius 1 is 0.900 bits per heavy atom. The predicted octanol–water partition coefficient (Wildman–Crippen LogP) is 3.96. The number of hydrogen-bond donors (Lipinski definition) is 0. The molecule has 0 fully saturated rings. The van der Waals surface area contributed by atoms with Crippen LogP contribution in [0.1, 0.15) is 27.8 Å². The summed E-state index contributed by atoms with van der Waals surface area (Å²) in [6.45, 7) is 3.28. The Balaban J connectivity index is 2.39. The highest BCUT2D eigenvalue weighted by molar-refractivity contribution is 5.49. The fraction of sp³-hybridized carbons (Fsp3) is 0.111. The second-order valence-electron chi connectivity index (χ2n) is 4.49. The molecule has 0 amide bonds. The monoisotopic (exact) mass is 266 g/mol. The maximum absolute atomic E-state index is 13.4. The molecule has 2 aromatic rings. The maximum atomic E-state index is 13.4. The summed E-state index contributed by atoms with van der Waals surface area (Å²) in [4.78, 5) is 0. The van der Waals surface area contributed by atoms with E-state index in [1.165, 1.54) is 19.1 Å². The molecule has 0 bridgehead atoms. The van der Waals surface area contributed by atoms with E-state index in [2.05, 4.69) is 17.8 Å². The van der Waals surface area contributed by atoms with Crippen molar-refractivity contribution in [2.75, 3.05) is 0 Å². The minimum Gasteiger partial charge on any atom is -0.207 e. The van der Waals surface area contributed by atoms with E-state index in [4.69, 9.17) is 6.42 Å². The fourth-order valence-electron chi connectivity index (χ4n) is 1.75. The molecular weight excluding hydrogens is 254 g/mol. The van der Waals surface area contributed by atoms with Gasteiger partial charge in [-0.3, -0.25) is 0 Å². The average molecular weight is 266 g/mol. The molecule has 2 heteroatoms. The van der Waals surface area contributed by atoms with E-state index in [1.807, 2.05) is 13.0 Å². The molecule has 0 unspecified atom stereocenters. The predicted molar refractivity (Wildman–Crippen MR) is 76.2 cm³/mol. The molecular formula is C18H12F2. The lowest BCUT2D eigenvalue weighted by Gasteiger charge is -2.00. The first kappa shape index (κ1) is 13.8. The lowest BCUT2D eigenvalue weighted by molar-refractivity contribution is 0.567. The van der Waals surface area contributed by atoms with Crippen LogP contribution in [0.4, 0.5) is 8.78 Å². The minimum atomic E-state index is -0.589. The van der Waals surface area contributed by atoms with E-state index in [0.29, 0.717) is 5.56 Å². The van der Waals surface area contributed by atoms with Gasteiger partial charge in [-0.15, -0.1) is 6.42 Å². The summed E-state index contributed by atoms with van der Waals surface area (Å²) in [5.74, 6) is 7.03. The van der Waals surface area contributed by atoms with Gasteiger partial charge in [0.15, 0.2) is 0 Å². The van der Waals surface area contributed by atoms with E-state index in [0.717, 1.165) is 16.7 Å². The number of rotatable bonds is 0. The van der Waals surface area contributed by atoms with E-state index in [1.54, 1.807) is 12.1 Å². The van der Waals surface area contributed by atoms with Crippen molar-refractivity contribution in [3.63, 3.8) is 0 Å². The van der Waals surface area contributed by atoms with E-state index >= 15 is 0 Å². The quantitative estimate of drug-likeness (QED) is 0.633. The van der Waals surface area contributed by atoms with Crippen molar-refractivity contribution < 1.29 is 8.78 Å². The van der Waals surface area contributed by atoms with Crippen LogP contribution in [0.2, 0.25) is 0 Å². The van der Waals surface area contributed by atoms with Crippen molar-refractivity contribution in [1.82, 2.24) is 0 Å². The lowest BCUT2D eigenvalue weighted by atomic mass is 10.0. The van der Waals surface area contributed by atoms with Crippen molar-refractivity contribution in [2.24, 2.45) is 0 Å². The molecule has 0 nitrogen and oxygen atoms in total. The zero-order chi connectivity index (χ0) is 14.7. The zero-order valence-electron chi connectivity index (χ0n) is 11.2. The average Bonchev–Trinajstić information content (AvgIpc) is 2.43. The zero-order valence-corrected chi connectivity index (χ0v) is 11.2. The van der Waals surface area contributed by atoms with Gasteiger partial charge in [0.25, 0.3) is 0 Å². The number of benzene rings is 2. The molecule has 0 radical (unpaired) electrons. The van der Waals surface area contributed by atoms with Crippen LogP contribution < -0.4 is 0 Å². The Morgan fingerprint density at radius 2 is 1.55 bits per heavy atom. The molecule has 2 aromatic carbocycles. The number of hydrogen-bond acceptors (Lipinski definition) is 0. The summed E-state index contributed by atoms with van der Waals surface area (Å²) in [5.41, 5.74) is 2.81. The first-order chi connectivity index (χ1) is 9.51. The molecule has 0 saturated carbocycles. The molecule has 0 aliphatic rings. The number of halogens is 2. The van der Waals surface area contributed by atoms with E-state index < -0.39 is 11.6 Å². The van der Waals surface area contributed by atoms with Gasteiger partial charge in [-0.2, -0.15) is 0 Å². The highest BCUT2D eigenvalue weighted by Gasteiger charge is 2.05. The van der Waals surface area contributed by atoms with Crippen LogP contribution in [-0.2, 0) is 0 Å². The third kappa shape index (κ3) is 2.87. The van der Waals surface area contributed by atoms with Crippen LogP contribution in [0.15, 0.2) is 30.3 Å². The fourth-order valence-corrected chi connectivity index (χ4v) is 1.75. The Bertz CT molecular complexity index is 745. The standard InChI is InChI=1S/C18H12F2/c1-4-14-5-7-16(12(2)9-14)8-6-15-10-17(19)13(3)18(20)11-15/h1,5,7,9-11H,2-3H3. The van der Waals surface area contributed by atoms with Crippen LogP contribution in [-0.4, -0.2) is 0 Å². The van der Waals surface area contributed by atoms with Gasteiger partial charge >= 0.3 is 0 Å². The smallest absolute Gasteiger partial charge is 0.130 e. The third-order valence-electron chi connectivity index (χ3n) is 3.02. The third-order valence-corrected chi connectivity index (χ3v) is 3.02. The molecule has 20 heavy (non-hydrogen) atoms. The van der Waals surface area contributed by atoms with Crippen LogP contribution in [0.5, 0.6) is 0 Å². The summed E-state index contributed by atoms with van der Waals surface area (Å²) < 4.78 is 26.8. The van der Waals surface area contributed by atoms with Gasteiger partial charge in [-0.25, -0.2) is 8.78 Å². The Hall–Kier alpha value is -2.58. The van der Waals surface area contributed by atoms with Crippen molar-refractivity contribution in [1.29, 1.82) is 0 Å². The van der Waals surface area contributed by atoms with Gasteiger partial charge in [-0.05, 0) is 49.7 Å². The highest BCUT2D eigenvalue weighted by atomic mass is 19.1. The Morgan fingerprint density at radius 3 is 2.10 bits per heavy atom. The molecule has 98 valence electrons. The second kappa shape index (κ2) is 5.59. The number of terminal acetylenes is 1. The molecule has 0 atom stereocenters. The Kier molecular flexibility index (Phi) is 3.87. The van der Waals surface area contributed by atoms with Crippen LogP contribution in [0.3, 0.4) is 0 Å². The van der Waals surface area contributed by atoms with Crippen molar-refractivity contribution in [3.05, 3.63) is 69.8 Å². The molecule has 0 spiro atoms. The molecule has 0 aromatic heterocycles. The molecule has 2 rings (SSSR count). The summed E-state index contributed by atoms with van der Waals surface area (Å²) >= 11 is 0. The largest absolute Gasteiger partial charge is 0.207 e. The van der Waals surface area contributed by atoms with Gasteiger partial charge in [-0.1, -0.05) is 17.8 Å². The molecule has 0 aliphatic heterocycles. The first-order valence-electron chi connectivity index (χ1n) is 6.06. The van der Waals surface area contributed by atoms with Crippen molar-refractivity contribution >= 4 is 0 Å². The topological polar surface area (TPSA) is 0 Å². The van der Waals surface area contributed by atoms with E-state index in [-0.39, 0.29) is 5.56 Å². The lowest BCUT2D eigenvalue weighted by Crippen LogP contribution is -1.90. The second-order valence-corrected chi connectivity index (χ2v) is 4.49. The molecule has 0 aliphatic carbocycles. The summed E-state index contributed by atoms with van der Waals surface area (Å²) in [7, 11) is 0. The highest BCUT2D eigenvalue weighted by Crippen LogP contribution is 2.14. The molecule has 0 heterocycles. The van der Waals surface area contributed by atoms with E-state index in [9.17, 15) is 8.78 Å². The van der Waals surface area contributed by atoms with Gasteiger partial charge in [0.05, 0.1) is 0 Å². The summed E-state index contributed by atoms with van der Waals surface area (Å²) in [6.07, 6.45) is 5.31. The molecule has 0 N–H and O–H groups in total. The van der Waals surface area contributed by atoms with Crippen molar-refractivity contribution in [3.8, 4) is 24.2 Å². The van der Waals surface area contributed by atoms with Gasteiger partial charge in [0.1, 0.15) is 11.6 Å². The minimum absolute atomic E-state index is 0.00473. The van der Waals surface area contributed by atoms with Crippen LogP contribution in [0.25, 0.3) is 0 Å². The summed E-state index contributed by atoms with van der Waals surface area (Å²) in [6, 6.07) is 7.90. The number of aryl methyl sites for hydroxylation is 1. The van der Waals surface area contributed by atoms with Crippen LogP contribution in [0, 0.1) is 49.7 Å². The normalized spacial score (nSPS) is 9.55. The van der Waals surface area contributed by atoms with Gasteiger partial charge in [0.2, 0.25) is 0 Å². The van der Waals surface area contributed by atoms with Crippen LogP contribution >= 0.6 is 0 Å².